The maximum absolute atomic E-state index is 10.8. The van der Waals surface area contributed by atoms with E-state index in [2.05, 4.69) is 11.1 Å². The van der Waals surface area contributed by atoms with E-state index in [0.29, 0.717) is 31.9 Å². The summed E-state index contributed by atoms with van der Waals surface area (Å²) in [6, 6.07) is 13.5. The number of allylic oxidation sites excluding steroid dienone is 1. The number of halogens is 2. The van der Waals surface area contributed by atoms with Crippen molar-refractivity contribution >= 4 is 51.9 Å². The highest BCUT2D eigenvalue weighted by molar-refractivity contribution is 7.11. The van der Waals surface area contributed by atoms with Crippen LogP contribution in [0.25, 0.3) is 22.9 Å². The van der Waals surface area contributed by atoms with Crippen molar-refractivity contribution in [1.29, 1.82) is 5.26 Å². The molecular weight excluding hydrogens is 393 g/mol. The Balaban J connectivity index is 1.92. The quantitative estimate of drug-likeness (QED) is 0.435. The number of nitrogens with zero attached hydrogens (tertiary/aromatic N) is 3. The summed E-state index contributed by atoms with van der Waals surface area (Å²) in [4.78, 5) is 4.47. The van der Waals surface area contributed by atoms with Gasteiger partial charge in [0.1, 0.15) is 11.1 Å². The summed E-state index contributed by atoms with van der Waals surface area (Å²) in [6.07, 6.45) is 1.66. The second-order valence-corrected chi connectivity index (χ2v) is 6.90. The van der Waals surface area contributed by atoms with Crippen LogP contribution in [0.3, 0.4) is 0 Å². The van der Waals surface area contributed by atoms with E-state index in [1.807, 2.05) is 5.38 Å². The Labute approximate surface area is 163 Å². The molecule has 0 radical (unpaired) electrons. The third-order valence-corrected chi connectivity index (χ3v) is 4.94. The molecule has 0 aliphatic rings. The number of thiazole rings is 1. The number of rotatable bonds is 4. The minimum Gasteiger partial charge on any atom is -0.733 e. The van der Waals surface area contributed by atoms with Crippen LogP contribution in [0.2, 0.25) is 10.0 Å². The number of benzene rings is 2. The largest absolute Gasteiger partial charge is 0.733 e. The average molecular weight is 403 g/mol. The molecule has 1 N–H and O–H groups in total. The van der Waals surface area contributed by atoms with Gasteiger partial charge in [-0.2, -0.15) is 5.26 Å². The molecule has 0 atom stereocenters. The second kappa shape index (κ2) is 7.87. The smallest absolute Gasteiger partial charge is 0.134 e. The third-order valence-electron chi connectivity index (χ3n) is 3.50. The summed E-state index contributed by atoms with van der Waals surface area (Å²) in [5.74, 6) is 0. The van der Waals surface area contributed by atoms with E-state index < -0.39 is 0 Å². The highest BCUT2D eigenvalue weighted by Crippen LogP contribution is 2.30. The summed E-state index contributed by atoms with van der Waals surface area (Å²) < 4.78 is 0. The molecule has 2 aromatic carbocycles. The van der Waals surface area contributed by atoms with Crippen molar-refractivity contribution in [3.63, 3.8) is 0 Å². The lowest BCUT2D eigenvalue weighted by atomic mass is 10.1. The Morgan fingerprint density at radius 1 is 1.23 bits per heavy atom. The predicted octanol–water partition coefficient (Wildman–Crippen LogP) is 5.87. The van der Waals surface area contributed by atoms with Gasteiger partial charge in [-0.3, -0.25) is 5.21 Å². The molecule has 8 heteroatoms. The van der Waals surface area contributed by atoms with E-state index in [1.54, 1.807) is 36.4 Å². The van der Waals surface area contributed by atoms with Crippen LogP contribution in [0.5, 0.6) is 0 Å². The van der Waals surface area contributed by atoms with E-state index >= 15 is 0 Å². The molecule has 0 amide bonds. The van der Waals surface area contributed by atoms with E-state index in [1.165, 1.54) is 23.5 Å². The summed E-state index contributed by atoms with van der Waals surface area (Å²) in [6.45, 7) is 0. The van der Waals surface area contributed by atoms with E-state index in [0.717, 1.165) is 5.56 Å². The summed E-state index contributed by atoms with van der Waals surface area (Å²) in [5, 5.41) is 32.3. The first kappa shape index (κ1) is 18.4. The van der Waals surface area contributed by atoms with Gasteiger partial charge >= 0.3 is 0 Å². The first-order valence-electron chi connectivity index (χ1n) is 7.27. The molecule has 0 saturated heterocycles. The summed E-state index contributed by atoms with van der Waals surface area (Å²) >= 11 is 13.4. The van der Waals surface area contributed by atoms with Crippen molar-refractivity contribution in [2.24, 2.45) is 0 Å². The van der Waals surface area contributed by atoms with E-state index in [4.69, 9.17) is 28.4 Å². The molecule has 0 fully saturated rings. The Hall–Kier alpha value is -2.40. The normalized spacial score (nSPS) is 11.3. The molecular formula is C18H10Cl2N3O2S-. The number of aromatic nitrogens is 1. The number of anilines is 1. The zero-order valence-corrected chi connectivity index (χ0v) is 15.4. The zero-order chi connectivity index (χ0) is 18.7. The fraction of sp³-hybridized carbons (Fsp3) is 0. The minimum absolute atomic E-state index is 0.124. The molecule has 26 heavy (non-hydrogen) atoms. The Kier molecular flexibility index (Phi) is 5.57. The first-order valence-corrected chi connectivity index (χ1v) is 8.91. The van der Waals surface area contributed by atoms with Crippen LogP contribution in [0.15, 0.2) is 47.8 Å². The fourth-order valence-corrected chi connectivity index (χ4v) is 3.46. The number of hydrogen-bond donors (Lipinski definition) is 1. The molecule has 1 heterocycles. The lowest BCUT2D eigenvalue weighted by Crippen LogP contribution is -2.06. The van der Waals surface area contributed by atoms with Gasteiger partial charge in [0.05, 0.1) is 17.0 Å². The van der Waals surface area contributed by atoms with Gasteiger partial charge in [-0.05, 0) is 35.9 Å². The molecule has 1 aromatic heterocycles. The van der Waals surface area contributed by atoms with Crippen molar-refractivity contribution in [1.82, 2.24) is 4.98 Å². The Bertz CT molecular complexity index is 1010. The van der Waals surface area contributed by atoms with Crippen molar-refractivity contribution in [3.8, 4) is 17.3 Å². The number of hydrogen-bond acceptors (Lipinski definition) is 6. The van der Waals surface area contributed by atoms with Gasteiger partial charge in [0.25, 0.3) is 0 Å². The molecule has 3 aromatic rings. The van der Waals surface area contributed by atoms with Crippen molar-refractivity contribution < 1.29 is 5.21 Å². The van der Waals surface area contributed by atoms with Crippen LogP contribution in [-0.4, -0.2) is 10.2 Å². The molecule has 0 bridgehead atoms. The predicted molar refractivity (Wildman–Crippen MR) is 105 cm³/mol. The van der Waals surface area contributed by atoms with E-state index in [-0.39, 0.29) is 10.9 Å². The first-order chi connectivity index (χ1) is 12.5. The Morgan fingerprint density at radius 3 is 2.58 bits per heavy atom. The van der Waals surface area contributed by atoms with Crippen LogP contribution in [0.1, 0.15) is 10.6 Å². The Morgan fingerprint density at radius 2 is 1.96 bits per heavy atom. The molecule has 0 aliphatic heterocycles. The molecule has 3 rings (SSSR count). The average Bonchev–Trinajstić information content (AvgIpc) is 3.11. The lowest BCUT2D eigenvalue weighted by Gasteiger charge is -2.21. The van der Waals surface area contributed by atoms with Crippen molar-refractivity contribution in [2.75, 3.05) is 5.23 Å². The molecule has 0 aliphatic carbocycles. The molecule has 5 nitrogen and oxygen atoms in total. The fourth-order valence-electron chi connectivity index (χ4n) is 2.21. The van der Waals surface area contributed by atoms with Gasteiger partial charge in [-0.25, -0.2) is 4.98 Å². The van der Waals surface area contributed by atoms with Crippen LogP contribution >= 0.6 is 34.5 Å². The highest BCUT2D eigenvalue weighted by Gasteiger charge is 2.10. The van der Waals surface area contributed by atoms with Gasteiger partial charge in [-0.1, -0.05) is 41.4 Å². The maximum Gasteiger partial charge on any atom is 0.134 e. The van der Waals surface area contributed by atoms with Crippen molar-refractivity contribution in [2.45, 2.75) is 0 Å². The van der Waals surface area contributed by atoms with Gasteiger partial charge in [0.2, 0.25) is 0 Å². The number of nitriles is 1. The maximum atomic E-state index is 10.8. The molecule has 0 unspecified atom stereocenters. The van der Waals surface area contributed by atoms with Gasteiger partial charge < -0.3 is 10.4 Å². The third kappa shape index (κ3) is 4.05. The lowest BCUT2D eigenvalue weighted by molar-refractivity contribution is 0.296. The van der Waals surface area contributed by atoms with Crippen LogP contribution in [0, 0.1) is 16.5 Å². The zero-order valence-electron chi connectivity index (χ0n) is 13.1. The van der Waals surface area contributed by atoms with Crippen LogP contribution in [-0.2, 0) is 0 Å². The minimum atomic E-state index is -0.206. The topological polar surface area (TPSA) is 83.2 Å². The molecule has 0 spiro atoms. The van der Waals surface area contributed by atoms with Gasteiger partial charge in [0, 0.05) is 21.0 Å². The standard InChI is InChI=1S/C18H10Cl2N3O2S/c19-14-4-1-12(16(20)8-14)7-13(9-21)18-22-17(10-26-18)11-2-5-15(6-3-11)23(24)25/h1-8,10,24H/q-1. The van der Waals surface area contributed by atoms with Crippen LogP contribution in [0.4, 0.5) is 5.69 Å². The van der Waals surface area contributed by atoms with Crippen molar-refractivity contribution in [3.05, 3.63) is 73.7 Å². The highest BCUT2D eigenvalue weighted by atomic mass is 35.5. The summed E-state index contributed by atoms with van der Waals surface area (Å²) in [7, 11) is 0. The molecule has 130 valence electrons. The van der Waals surface area contributed by atoms with E-state index in [9.17, 15) is 10.5 Å². The molecule has 0 saturated carbocycles. The van der Waals surface area contributed by atoms with Gasteiger partial charge in [0.15, 0.2) is 0 Å². The summed E-state index contributed by atoms with van der Waals surface area (Å²) in [5.41, 5.74) is 2.60. The SMILES string of the molecule is N#CC(=Cc1ccc(Cl)cc1Cl)c1nc(-c2ccc(N([O-])O)cc2)cs1. The monoisotopic (exact) mass is 402 g/mol. The van der Waals surface area contributed by atoms with Crippen LogP contribution < -0.4 is 5.23 Å². The van der Waals surface area contributed by atoms with Gasteiger partial charge in [-0.15, -0.1) is 11.3 Å². The second-order valence-electron chi connectivity index (χ2n) is 5.19.